The molecule has 1 aromatic carbocycles. The third kappa shape index (κ3) is 4.42. The van der Waals surface area contributed by atoms with E-state index in [0.717, 1.165) is 5.56 Å². The molecule has 0 saturated carbocycles. The van der Waals surface area contributed by atoms with Gasteiger partial charge in [0.25, 0.3) is 5.91 Å². The summed E-state index contributed by atoms with van der Waals surface area (Å²) in [6.45, 7) is 5.07. The van der Waals surface area contributed by atoms with Crippen LogP contribution in [0.3, 0.4) is 0 Å². The molecule has 0 saturated heterocycles. The van der Waals surface area contributed by atoms with Crippen molar-refractivity contribution in [2.45, 2.75) is 39.3 Å². The summed E-state index contributed by atoms with van der Waals surface area (Å²) in [6, 6.07) is 4.17. The molecule has 1 amide bonds. The van der Waals surface area contributed by atoms with Crippen LogP contribution in [0.15, 0.2) is 18.2 Å². The van der Waals surface area contributed by atoms with E-state index in [2.05, 4.69) is 5.32 Å². The van der Waals surface area contributed by atoms with Crippen molar-refractivity contribution in [2.24, 2.45) is 0 Å². The van der Waals surface area contributed by atoms with E-state index in [1.165, 1.54) is 0 Å². The minimum absolute atomic E-state index is 0.313. The van der Waals surface area contributed by atoms with E-state index in [1.807, 2.05) is 6.92 Å². The highest BCUT2D eigenvalue weighted by atomic mass is 35.5. The quantitative estimate of drug-likeness (QED) is 0.846. The van der Waals surface area contributed by atoms with Crippen LogP contribution in [-0.4, -0.2) is 29.1 Å². The van der Waals surface area contributed by atoms with Crippen LogP contribution in [0.4, 0.5) is 0 Å². The summed E-state index contributed by atoms with van der Waals surface area (Å²) in [4.78, 5) is 22.7. The number of carbonyl (C=O) groups excluding carboxylic acids is 1. The Balaban J connectivity index is 2.68. The third-order valence-corrected chi connectivity index (χ3v) is 3.07. The van der Waals surface area contributed by atoms with Crippen LogP contribution in [0.1, 0.15) is 25.8 Å². The minimum atomic E-state index is -1.06. The van der Waals surface area contributed by atoms with Gasteiger partial charge in [-0.05, 0) is 44.0 Å². The molecule has 0 spiro atoms. The maximum Gasteiger partial charge on any atom is 0.326 e. The molecular weight excluding hydrogens is 282 g/mol. The Kier molecular flexibility index (Phi) is 5.82. The van der Waals surface area contributed by atoms with E-state index in [1.54, 1.807) is 32.0 Å². The highest BCUT2D eigenvalue weighted by Gasteiger charge is 2.22. The average molecular weight is 300 g/mol. The van der Waals surface area contributed by atoms with Gasteiger partial charge in [0, 0.05) is 5.02 Å². The molecule has 0 radical (unpaired) electrons. The van der Waals surface area contributed by atoms with Crippen LogP contribution >= 0.6 is 11.6 Å². The summed E-state index contributed by atoms with van der Waals surface area (Å²) in [5, 5.41) is 11.9. The number of amides is 1. The predicted octanol–water partition coefficient (Wildman–Crippen LogP) is 2.40. The fourth-order valence-corrected chi connectivity index (χ4v) is 1.84. The van der Waals surface area contributed by atoms with E-state index < -0.39 is 24.0 Å². The Labute approximate surface area is 122 Å². The molecule has 0 aromatic heterocycles. The SMILES string of the molecule is CCC(NC(=O)C(C)Oc1ccc(Cl)cc1C)C(=O)O. The van der Waals surface area contributed by atoms with Crippen molar-refractivity contribution >= 4 is 23.5 Å². The topological polar surface area (TPSA) is 75.6 Å². The van der Waals surface area contributed by atoms with Crippen molar-refractivity contribution in [3.05, 3.63) is 28.8 Å². The number of benzene rings is 1. The van der Waals surface area contributed by atoms with Gasteiger partial charge in [-0.2, -0.15) is 0 Å². The molecule has 110 valence electrons. The molecular formula is C14H18ClNO4. The molecule has 1 aromatic rings. The number of carboxylic acid groups (broad SMARTS) is 1. The summed E-state index contributed by atoms with van der Waals surface area (Å²) >= 11 is 5.84. The maximum atomic E-state index is 11.9. The number of nitrogens with one attached hydrogen (secondary N) is 1. The monoisotopic (exact) mass is 299 g/mol. The van der Waals surface area contributed by atoms with Crippen molar-refractivity contribution < 1.29 is 19.4 Å². The lowest BCUT2D eigenvalue weighted by Crippen LogP contribution is -2.45. The number of hydrogen-bond donors (Lipinski definition) is 2. The molecule has 6 heteroatoms. The van der Waals surface area contributed by atoms with Crippen molar-refractivity contribution in [3.8, 4) is 5.75 Å². The summed E-state index contributed by atoms with van der Waals surface area (Å²) in [5.74, 6) is -0.982. The molecule has 5 nitrogen and oxygen atoms in total. The van der Waals surface area contributed by atoms with Gasteiger partial charge in [-0.25, -0.2) is 4.79 Å². The molecule has 0 aliphatic carbocycles. The second-order valence-corrected chi connectivity index (χ2v) is 4.91. The zero-order valence-corrected chi connectivity index (χ0v) is 12.4. The zero-order chi connectivity index (χ0) is 15.3. The van der Waals surface area contributed by atoms with Gasteiger partial charge in [0.15, 0.2) is 6.10 Å². The van der Waals surface area contributed by atoms with Gasteiger partial charge in [0.2, 0.25) is 0 Å². The lowest BCUT2D eigenvalue weighted by molar-refractivity contribution is -0.143. The van der Waals surface area contributed by atoms with Crippen LogP contribution in [0.25, 0.3) is 0 Å². The molecule has 1 rings (SSSR count). The normalized spacial score (nSPS) is 13.4. The molecule has 2 atom stereocenters. The largest absolute Gasteiger partial charge is 0.481 e. The van der Waals surface area contributed by atoms with E-state index >= 15 is 0 Å². The molecule has 0 aliphatic heterocycles. The Morgan fingerprint density at radius 1 is 1.45 bits per heavy atom. The van der Waals surface area contributed by atoms with Crippen molar-refractivity contribution in [3.63, 3.8) is 0 Å². The fourth-order valence-electron chi connectivity index (χ4n) is 1.62. The molecule has 2 unspecified atom stereocenters. The minimum Gasteiger partial charge on any atom is -0.481 e. The van der Waals surface area contributed by atoms with Gasteiger partial charge < -0.3 is 15.2 Å². The summed E-state index contributed by atoms with van der Waals surface area (Å²) < 4.78 is 5.52. The van der Waals surface area contributed by atoms with E-state index in [9.17, 15) is 9.59 Å². The lowest BCUT2D eigenvalue weighted by Gasteiger charge is -2.19. The second-order valence-electron chi connectivity index (χ2n) is 4.48. The van der Waals surface area contributed by atoms with Gasteiger partial charge >= 0.3 is 5.97 Å². The van der Waals surface area contributed by atoms with Gasteiger partial charge in [-0.3, -0.25) is 4.79 Å². The molecule has 0 fully saturated rings. The van der Waals surface area contributed by atoms with Crippen LogP contribution in [-0.2, 0) is 9.59 Å². The maximum absolute atomic E-state index is 11.9. The van der Waals surface area contributed by atoms with Gasteiger partial charge in [-0.15, -0.1) is 0 Å². The lowest BCUT2D eigenvalue weighted by atomic mass is 10.2. The average Bonchev–Trinajstić information content (AvgIpc) is 2.38. The van der Waals surface area contributed by atoms with Crippen molar-refractivity contribution in [1.29, 1.82) is 0 Å². The van der Waals surface area contributed by atoms with E-state index in [4.69, 9.17) is 21.4 Å². The van der Waals surface area contributed by atoms with Crippen molar-refractivity contribution in [1.82, 2.24) is 5.32 Å². The Bertz CT molecular complexity index is 504. The predicted molar refractivity (Wildman–Crippen MR) is 76.1 cm³/mol. The molecule has 20 heavy (non-hydrogen) atoms. The van der Waals surface area contributed by atoms with Gasteiger partial charge in [-0.1, -0.05) is 18.5 Å². The number of carbonyl (C=O) groups is 2. The zero-order valence-electron chi connectivity index (χ0n) is 11.6. The van der Waals surface area contributed by atoms with Crippen LogP contribution < -0.4 is 10.1 Å². The molecule has 0 aliphatic rings. The first-order valence-corrected chi connectivity index (χ1v) is 6.69. The Morgan fingerprint density at radius 3 is 2.60 bits per heavy atom. The molecule has 0 heterocycles. The number of carboxylic acids is 1. The van der Waals surface area contributed by atoms with Gasteiger partial charge in [0.05, 0.1) is 0 Å². The number of aryl methyl sites for hydroxylation is 1. The summed E-state index contributed by atoms with van der Waals surface area (Å²) in [5.41, 5.74) is 0.808. The smallest absolute Gasteiger partial charge is 0.326 e. The number of rotatable bonds is 6. The standard InChI is InChI=1S/C14H18ClNO4/c1-4-11(14(18)19)16-13(17)9(3)20-12-6-5-10(15)7-8(12)2/h5-7,9,11H,4H2,1-3H3,(H,16,17)(H,18,19). The Hall–Kier alpha value is -1.75. The first-order chi connectivity index (χ1) is 9.35. The van der Waals surface area contributed by atoms with Crippen LogP contribution in [0.5, 0.6) is 5.75 Å². The number of aliphatic carboxylic acids is 1. The number of halogens is 1. The first kappa shape index (κ1) is 16.3. The second kappa shape index (κ2) is 7.14. The highest BCUT2D eigenvalue weighted by Crippen LogP contribution is 2.22. The van der Waals surface area contributed by atoms with Crippen LogP contribution in [0, 0.1) is 6.92 Å². The fraction of sp³-hybridized carbons (Fsp3) is 0.429. The highest BCUT2D eigenvalue weighted by molar-refractivity contribution is 6.30. The summed E-state index contributed by atoms with van der Waals surface area (Å²) in [7, 11) is 0. The van der Waals surface area contributed by atoms with E-state index in [-0.39, 0.29) is 0 Å². The number of hydrogen-bond acceptors (Lipinski definition) is 3. The summed E-state index contributed by atoms with van der Waals surface area (Å²) in [6.07, 6.45) is -0.475. The van der Waals surface area contributed by atoms with Crippen LogP contribution in [0.2, 0.25) is 5.02 Å². The number of ether oxygens (including phenoxy) is 1. The van der Waals surface area contributed by atoms with E-state index in [0.29, 0.717) is 17.2 Å². The first-order valence-electron chi connectivity index (χ1n) is 6.31. The van der Waals surface area contributed by atoms with Gasteiger partial charge in [0.1, 0.15) is 11.8 Å². The Morgan fingerprint density at radius 2 is 2.10 bits per heavy atom. The third-order valence-electron chi connectivity index (χ3n) is 2.83. The molecule has 0 bridgehead atoms. The van der Waals surface area contributed by atoms with Crippen molar-refractivity contribution in [2.75, 3.05) is 0 Å². The molecule has 2 N–H and O–H groups in total.